The molecule has 5 heterocycles. The van der Waals surface area contributed by atoms with Gasteiger partial charge in [-0.1, -0.05) is 0 Å². The minimum absolute atomic E-state index is 0.103. The van der Waals surface area contributed by atoms with E-state index in [1.807, 2.05) is 53.7 Å². The molecular weight excluding hydrogens is 454 g/mol. The fourth-order valence-electron chi connectivity index (χ4n) is 4.82. The summed E-state index contributed by atoms with van der Waals surface area (Å²) in [4.78, 5) is 26.2. The third kappa shape index (κ3) is 4.43. The molecule has 4 aromatic rings. The van der Waals surface area contributed by atoms with Gasteiger partial charge in [0.25, 0.3) is 5.56 Å². The number of morpholine rings is 1. The number of hydrogen-bond donors (Lipinski definition) is 2. The second-order valence-corrected chi connectivity index (χ2v) is 9.15. The molecule has 36 heavy (non-hydrogen) atoms. The molecule has 2 aliphatic heterocycles. The highest BCUT2D eigenvalue weighted by Gasteiger charge is 2.30. The molecule has 1 aromatic carbocycles. The zero-order valence-corrected chi connectivity index (χ0v) is 20.0. The predicted molar refractivity (Wildman–Crippen MR) is 138 cm³/mol. The molecule has 2 aliphatic rings. The molecule has 0 saturated carbocycles. The lowest BCUT2D eigenvalue weighted by Crippen LogP contribution is -2.41. The summed E-state index contributed by atoms with van der Waals surface area (Å²) in [5.41, 5.74) is 6.72. The van der Waals surface area contributed by atoms with Crippen molar-refractivity contribution in [2.24, 2.45) is 0 Å². The summed E-state index contributed by atoms with van der Waals surface area (Å²) in [5, 5.41) is 3.47. The summed E-state index contributed by atoms with van der Waals surface area (Å²) in [6.07, 6.45) is 5.74. The van der Waals surface area contributed by atoms with Gasteiger partial charge in [0, 0.05) is 48.4 Å². The number of aryl methyl sites for hydroxylation is 1. The topological polar surface area (TPSA) is 92.4 Å². The lowest BCUT2D eigenvalue weighted by atomic mass is 9.98. The van der Waals surface area contributed by atoms with Crippen molar-refractivity contribution >= 4 is 11.4 Å². The number of aromatic nitrogens is 3. The Bertz CT molecular complexity index is 1470. The molecular formula is C28H27N5O3. The van der Waals surface area contributed by atoms with Crippen molar-refractivity contribution in [3.63, 3.8) is 0 Å². The molecule has 0 spiro atoms. The minimum Gasteiger partial charge on any atom is -0.455 e. The van der Waals surface area contributed by atoms with Gasteiger partial charge in [-0.05, 0) is 61.0 Å². The van der Waals surface area contributed by atoms with Crippen LogP contribution < -0.4 is 20.5 Å². The average Bonchev–Trinajstić information content (AvgIpc) is 2.91. The van der Waals surface area contributed by atoms with Crippen molar-refractivity contribution in [3.05, 3.63) is 106 Å². The highest BCUT2D eigenvalue weighted by Crippen LogP contribution is 2.42. The van der Waals surface area contributed by atoms with Crippen LogP contribution in [0.3, 0.4) is 0 Å². The maximum Gasteiger partial charge on any atom is 0.271 e. The number of pyridine rings is 3. The van der Waals surface area contributed by atoms with Crippen LogP contribution in [-0.4, -0.2) is 34.6 Å². The highest BCUT2D eigenvalue weighted by molar-refractivity contribution is 5.58. The van der Waals surface area contributed by atoms with Crippen molar-refractivity contribution in [1.82, 2.24) is 15.0 Å². The zero-order chi connectivity index (χ0) is 24.5. The van der Waals surface area contributed by atoms with E-state index in [4.69, 9.17) is 9.47 Å². The van der Waals surface area contributed by atoms with E-state index in [1.165, 1.54) is 5.56 Å². The number of aromatic amines is 1. The molecule has 1 fully saturated rings. The molecule has 8 nitrogen and oxygen atoms in total. The van der Waals surface area contributed by atoms with Crippen molar-refractivity contribution < 1.29 is 9.47 Å². The third-order valence-electron chi connectivity index (χ3n) is 6.62. The SMILES string of the molecule is Cc1ccnc(CNc2ccc3c(c2)Cc2ccnc(C4CN(c5ccc[nH]c5=O)CCO4)c2O3)c1. The molecule has 182 valence electrons. The lowest BCUT2D eigenvalue weighted by molar-refractivity contribution is 0.0354. The molecule has 1 saturated heterocycles. The first kappa shape index (κ1) is 22.3. The van der Waals surface area contributed by atoms with Gasteiger partial charge >= 0.3 is 0 Å². The van der Waals surface area contributed by atoms with Crippen LogP contribution >= 0.6 is 0 Å². The molecule has 1 unspecified atom stereocenters. The quantitative estimate of drug-likeness (QED) is 0.385. The molecule has 2 N–H and O–H groups in total. The largest absolute Gasteiger partial charge is 0.455 e. The summed E-state index contributed by atoms with van der Waals surface area (Å²) < 4.78 is 12.5. The van der Waals surface area contributed by atoms with Crippen LogP contribution in [0.15, 0.2) is 71.9 Å². The fourth-order valence-corrected chi connectivity index (χ4v) is 4.82. The van der Waals surface area contributed by atoms with E-state index < -0.39 is 0 Å². The summed E-state index contributed by atoms with van der Waals surface area (Å²) in [5.74, 6) is 1.58. The van der Waals surface area contributed by atoms with Gasteiger partial charge in [-0.2, -0.15) is 0 Å². The minimum atomic E-state index is -0.294. The number of hydrogen-bond acceptors (Lipinski definition) is 7. The number of H-pyrrole nitrogens is 1. The summed E-state index contributed by atoms with van der Waals surface area (Å²) in [6, 6.07) is 15.9. The lowest BCUT2D eigenvalue weighted by Gasteiger charge is -2.34. The van der Waals surface area contributed by atoms with E-state index >= 15 is 0 Å². The molecule has 0 bridgehead atoms. The Labute approximate surface area is 209 Å². The van der Waals surface area contributed by atoms with Gasteiger partial charge in [-0.15, -0.1) is 0 Å². The van der Waals surface area contributed by atoms with Gasteiger partial charge in [0.05, 0.1) is 25.4 Å². The van der Waals surface area contributed by atoms with Crippen LogP contribution in [0, 0.1) is 6.92 Å². The molecule has 1 atom stereocenters. The van der Waals surface area contributed by atoms with Crippen LogP contribution in [0.2, 0.25) is 0 Å². The number of benzene rings is 1. The van der Waals surface area contributed by atoms with Gasteiger partial charge in [0.1, 0.15) is 23.2 Å². The van der Waals surface area contributed by atoms with Gasteiger partial charge in [-0.3, -0.25) is 14.8 Å². The van der Waals surface area contributed by atoms with E-state index in [0.29, 0.717) is 31.9 Å². The first-order valence-electron chi connectivity index (χ1n) is 12.1. The Morgan fingerprint density at radius 3 is 2.92 bits per heavy atom. The van der Waals surface area contributed by atoms with Crippen LogP contribution in [0.25, 0.3) is 0 Å². The molecule has 8 heteroatoms. The Morgan fingerprint density at radius 1 is 1.11 bits per heavy atom. The van der Waals surface area contributed by atoms with Gasteiger partial charge in [-0.25, -0.2) is 0 Å². The standard InChI is InChI=1S/C28H27N5O3/c1-18-6-9-29-22(13-18)16-32-21-4-5-24-20(15-21)14-19-7-10-30-26(27(19)36-24)25-17-33(11-12-35-25)23-3-2-8-31-28(23)34/h2-10,13,15,25,32H,11-12,14,16-17H2,1H3,(H,31,34). The van der Waals surface area contributed by atoms with Gasteiger partial charge < -0.3 is 24.7 Å². The van der Waals surface area contributed by atoms with Crippen LogP contribution in [-0.2, 0) is 17.7 Å². The van der Waals surface area contributed by atoms with Gasteiger partial charge in [0.2, 0.25) is 0 Å². The summed E-state index contributed by atoms with van der Waals surface area (Å²) in [7, 11) is 0. The predicted octanol–water partition coefficient (Wildman–Crippen LogP) is 4.36. The number of anilines is 2. The van der Waals surface area contributed by atoms with Crippen LogP contribution in [0.1, 0.15) is 34.2 Å². The number of nitrogens with one attached hydrogen (secondary N) is 2. The van der Waals surface area contributed by atoms with Crippen molar-refractivity contribution in [1.29, 1.82) is 0 Å². The van der Waals surface area contributed by atoms with E-state index in [2.05, 4.69) is 39.3 Å². The Morgan fingerprint density at radius 2 is 2.03 bits per heavy atom. The van der Waals surface area contributed by atoms with Gasteiger partial charge in [0.15, 0.2) is 5.75 Å². The first-order valence-corrected chi connectivity index (χ1v) is 12.1. The maximum absolute atomic E-state index is 12.3. The molecule has 0 aliphatic carbocycles. The summed E-state index contributed by atoms with van der Waals surface area (Å²) >= 11 is 0. The molecule has 0 radical (unpaired) electrons. The highest BCUT2D eigenvalue weighted by atomic mass is 16.5. The van der Waals surface area contributed by atoms with Crippen molar-refractivity contribution in [3.8, 4) is 11.5 Å². The van der Waals surface area contributed by atoms with E-state index in [1.54, 1.807) is 6.20 Å². The fraction of sp³-hybridized carbons (Fsp3) is 0.250. The number of rotatable bonds is 5. The normalized spacial score (nSPS) is 16.6. The Balaban J connectivity index is 1.21. The maximum atomic E-state index is 12.3. The third-order valence-corrected chi connectivity index (χ3v) is 6.62. The average molecular weight is 482 g/mol. The number of nitrogens with zero attached hydrogens (tertiary/aromatic N) is 3. The van der Waals surface area contributed by atoms with E-state index in [9.17, 15) is 4.79 Å². The van der Waals surface area contributed by atoms with Crippen LogP contribution in [0.5, 0.6) is 11.5 Å². The van der Waals surface area contributed by atoms with E-state index in [0.717, 1.165) is 46.1 Å². The monoisotopic (exact) mass is 481 g/mol. The molecule has 0 amide bonds. The van der Waals surface area contributed by atoms with E-state index in [-0.39, 0.29) is 11.7 Å². The van der Waals surface area contributed by atoms with Crippen LogP contribution in [0.4, 0.5) is 11.4 Å². The first-order chi connectivity index (χ1) is 17.6. The number of ether oxygens (including phenoxy) is 2. The zero-order valence-electron chi connectivity index (χ0n) is 20.0. The molecule has 6 rings (SSSR count). The number of fused-ring (bicyclic) bond motifs is 2. The Kier molecular flexibility index (Phi) is 5.87. The van der Waals surface area contributed by atoms with Crippen molar-refractivity contribution in [2.45, 2.75) is 26.0 Å². The smallest absolute Gasteiger partial charge is 0.271 e. The second-order valence-electron chi connectivity index (χ2n) is 9.15. The van der Waals surface area contributed by atoms with Crippen molar-refractivity contribution in [2.75, 3.05) is 29.9 Å². The second kappa shape index (κ2) is 9.47. The molecule has 3 aromatic heterocycles. The summed E-state index contributed by atoms with van der Waals surface area (Å²) in [6.45, 7) is 4.41. The Hall–Kier alpha value is -4.17.